The molecule has 0 fully saturated rings. The Bertz CT molecular complexity index is 1960. The third-order valence-corrected chi connectivity index (χ3v) is 6.63. The van der Waals surface area contributed by atoms with E-state index < -0.39 is 23.7 Å². The molecule has 0 bridgehead atoms. The van der Waals surface area contributed by atoms with Gasteiger partial charge in [-0.25, -0.2) is 19.3 Å². The number of rotatable bonds is 3. The molecule has 2 aromatic carbocycles. The lowest BCUT2D eigenvalue weighted by Crippen LogP contribution is -2.22. The number of fused-ring (bicyclic) bond motifs is 6. The largest absolute Gasteiger partial charge is 0.573 e. The van der Waals surface area contributed by atoms with Crippen LogP contribution in [0.4, 0.5) is 13.2 Å². The fraction of sp³-hybridized carbons (Fsp3) is 0.0769. The molecule has 0 spiro atoms. The minimum atomic E-state index is -4.85. The first kappa shape index (κ1) is 23.5. The van der Waals surface area contributed by atoms with Gasteiger partial charge in [-0.1, -0.05) is 24.3 Å². The molecule has 0 saturated carbocycles. The van der Waals surface area contributed by atoms with Crippen LogP contribution in [0.5, 0.6) is 17.4 Å². The molecular formula is C26H12BrF3N4O5. The Balaban J connectivity index is 1.48. The molecule has 7 rings (SSSR count). The van der Waals surface area contributed by atoms with Crippen molar-refractivity contribution in [3.63, 3.8) is 0 Å². The molecule has 5 heterocycles. The second kappa shape index (κ2) is 8.43. The summed E-state index contributed by atoms with van der Waals surface area (Å²) >= 11 is 3.26. The molecule has 0 aliphatic carbocycles. The lowest BCUT2D eigenvalue weighted by Gasteiger charge is -2.27. The highest BCUT2D eigenvalue weighted by Crippen LogP contribution is 2.49. The normalized spacial score (nSPS) is 14.7. The molecule has 0 radical (unpaired) electrons. The highest BCUT2D eigenvalue weighted by atomic mass is 79.9. The lowest BCUT2D eigenvalue weighted by atomic mass is 9.84. The highest BCUT2D eigenvalue weighted by Gasteiger charge is 2.38. The van der Waals surface area contributed by atoms with Gasteiger partial charge in [0.25, 0.3) is 0 Å². The van der Waals surface area contributed by atoms with Crippen LogP contribution in [-0.2, 0) is 0 Å². The van der Waals surface area contributed by atoms with Crippen molar-refractivity contribution in [2.24, 2.45) is 0 Å². The van der Waals surface area contributed by atoms with E-state index in [2.05, 4.69) is 35.7 Å². The molecule has 4 aromatic heterocycles. The Hall–Kier alpha value is -4.65. The number of para-hydroxylation sites is 1. The number of aromatic nitrogens is 4. The molecule has 39 heavy (non-hydrogen) atoms. The molecule has 1 atom stereocenters. The van der Waals surface area contributed by atoms with Gasteiger partial charge in [-0.2, -0.15) is 0 Å². The topological polar surface area (TPSA) is 105 Å². The Labute approximate surface area is 223 Å². The van der Waals surface area contributed by atoms with Crippen molar-refractivity contribution in [2.45, 2.75) is 12.3 Å². The minimum absolute atomic E-state index is 0.144. The van der Waals surface area contributed by atoms with Crippen LogP contribution < -0.4 is 15.1 Å². The minimum Gasteiger partial charge on any atom is -0.446 e. The maximum absolute atomic E-state index is 13.4. The van der Waals surface area contributed by atoms with Crippen molar-refractivity contribution in [1.29, 1.82) is 0 Å². The van der Waals surface area contributed by atoms with Gasteiger partial charge in [-0.15, -0.1) is 18.3 Å². The van der Waals surface area contributed by atoms with Crippen molar-refractivity contribution >= 4 is 32.5 Å². The molecular weight excluding hydrogens is 585 g/mol. The van der Waals surface area contributed by atoms with E-state index in [4.69, 9.17) is 13.6 Å². The van der Waals surface area contributed by atoms with Gasteiger partial charge in [-0.05, 0) is 57.9 Å². The van der Waals surface area contributed by atoms with Gasteiger partial charge in [0, 0.05) is 0 Å². The van der Waals surface area contributed by atoms with E-state index in [-0.39, 0.29) is 23.0 Å². The lowest BCUT2D eigenvalue weighted by molar-refractivity contribution is -0.274. The van der Waals surface area contributed by atoms with Gasteiger partial charge in [0.2, 0.25) is 11.7 Å². The average molecular weight is 597 g/mol. The molecule has 1 aliphatic rings. The standard InChI is InChI=1S/C26H12BrF3N4O5/c27-17-10-9-16(36-17)22-32-23-20-18(12-5-7-13(8-6-12)39-26(28,29)30)19-21(38-24(20)31-11-34(23)33-22)14-3-1-2-4-15(14)37-25(19)35/h1-11,18H. The number of alkyl halides is 3. The van der Waals surface area contributed by atoms with Crippen LogP contribution in [0.2, 0.25) is 0 Å². The first-order valence-corrected chi connectivity index (χ1v) is 12.1. The number of hydrogen-bond acceptors (Lipinski definition) is 8. The number of nitrogens with zero attached hydrogens (tertiary/aromatic N) is 4. The van der Waals surface area contributed by atoms with Crippen molar-refractivity contribution in [3.8, 4) is 29.0 Å². The fourth-order valence-electron chi connectivity index (χ4n) is 4.66. The number of benzene rings is 2. The third-order valence-electron chi connectivity index (χ3n) is 6.20. The summed E-state index contributed by atoms with van der Waals surface area (Å²) in [4.78, 5) is 22.4. The van der Waals surface area contributed by atoms with E-state index in [0.717, 1.165) is 0 Å². The highest BCUT2D eigenvalue weighted by molar-refractivity contribution is 9.10. The number of hydrogen-bond donors (Lipinski definition) is 0. The first-order valence-electron chi connectivity index (χ1n) is 11.4. The second-order valence-corrected chi connectivity index (χ2v) is 9.33. The van der Waals surface area contributed by atoms with Crippen molar-refractivity contribution in [3.05, 3.63) is 98.8 Å². The maximum Gasteiger partial charge on any atom is 0.573 e. The summed E-state index contributed by atoms with van der Waals surface area (Å²) in [5.41, 5.74) is 0.921. The molecule has 194 valence electrons. The summed E-state index contributed by atoms with van der Waals surface area (Å²) in [7, 11) is 0. The van der Waals surface area contributed by atoms with Gasteiger partial charge < -0.3 is 18.3 Å². The molecule has 0 amide bonds. The van der Waals surface area contributed by atoms with Gasteiger partial charge in [0.1, 0.15) is 17.7 Å². The third kappa shape index (κ3) is 3.93. The number of furan rings is 1. The van der Waals surface area contributed by atoms with E-state index >= 15 is 0 Å². The summed E-state index contributed by atoms with van der Waals surface area (Å²) in [5.74, 6) is -0.255. The molecule has 0 N–H and O–H groups in total. The number of ether oxygens (including phenoxy) is 2. The molecule has 6 aromatic rings. The Kier molecular flexibility index (Phi) is 5.07. The summed E-state index contributed by atoms with van der Waals surface area (Å²) < 4.78 is 61.7. The van der Waals surface area contributed by atoms with Crippen LogP contribution in [0.25, 0.3) is 28.2 Å². The molecule has 0 saturated heterocycles. The molecule has 1 aliphatic heterocycles. The quantitative estimate of drug-likeness (QED) is 0.215. The van der Waals surface area contributed by atoms with Gasteiger partial charge in [-0.3, -0.25) is 0 Å². The van der Waals surface area contributed by atoms with Crippen LogP contribution in [0.3, 0.4) is 0 Å². The second-order valence-electron chi connectivity index (χ2n) is 8.55. The fourth-order valence-corrected chi connectivity index (χ4v) is 4.97. The predicted molar refractivity (Wildman–Crippen MR) is 133 cm³/mol. The summed E-state index contributed by atoms with van der Waals surface area (Å²) in [6, 6.07) is 15.4. The van der Waals surface area contributed by atoms with E-state index in [1.54, 1.807) is 36.4 Å². The van der Waals surface area contributed by atoms with E-state index in [9.17, 15) is 18.0 Å². The van der Waals surface area contributed by atoms with Gasteiger partial charge in [0.05, 0.1) is 22.4 Å². The molecule has 1 unspecified atom stereocenters. The first-order chi connectivity index (χ1) is 18.7. The summed E-state index contributed by atoms with van der Waals surface area (Å²) in [5, 5.41) is 4.97. The SMILES string of the molecule is O=c1oc2ccccc2c2c1C(c1ccc(OC(F)(F)F)cc1)c1c(ncn3nc(-c4ccc(Br)o4)nc13)O2. The zero-order chi connectivity index (χ0) is 26.9. The molecule has 9 nitrogen and oxygen atoms in total. The zero-order valence-corrected chi connectivity index (χ0v) is 20.9. The molecule has 13 heteroatoms. The Morgan fingerprint density at radius 2 is 1.77 bits per heavy atom. The van der Waals surface area contributed by atoms with Crippen LogP contribution in [0.1, 0.15) is 22.6 Å². The number of halogens is 4. The Morgan fingerprint density at radius 1 is 0.974 bits per heavy atom. The van der Waals surface area contributed by atoms with E-state index in [1.807, 2.05) is 0 Å². The predicted octanol–water partition coefficient (Wildman–Crippen LogP) is 6.44. The smallest absolute Gasteiger partial charge is 0.446 e. The average Bonchev–Trinajstić information content (AvgIpc) is 3.53. The summed E-state index contributed by atoms with van der Waals surface area (Å²) in [6.45, 7) is 0. The van der Waals surface area contributed by atoms with Crippen molar-refractivity contribution in [2.75, 3.05) is 0 Å². The Morgan fingerprint density at radius 3 is 2.51 bits per heavy atom. The van der Waals surface area contributed by atoms with E-state index in [0.29, 0.717) is 38.2 Å². The zero-order valence-electron chi connectivity index (χ0n) is 19.3. The van der Waals surface area contributed by atoms with Crippen LogP contribution in [-0.4, -0.2) is 25.9 Å². The van der Waals surface area contributed by atoms with Gasteiger partial charge in [0.15, 0.2) is 21.8 Å². The van der Waals surface area contributed by atoms with Crippen molar-refractivity contribution in [1.82, 2.24) is 19.6 Å². The monoisotopic (exact) mass is 596 g/mol. The van der Waals surface area contributed by atoms with Gasteiger partial charge >= 0.3 is 12.0 Å². The van der Waals surface area contributed by atoms with Crippen molar-refractivity contribution < 1.29 is 31.5 Å². The van der Waals surface area contributed by atoms with Crippen LogP contribution >= 0.6 is 15.9 Å². The van der Waals surface area contributed by atoms with Crippen LogP contribution in [0, 0.1) is 0 Å². The van der Waals surface area contributed by atoms with E-state index in [1.165, 1.54) is 35.1 Å². The maximum atomic E-state index is 13.4. The summed E-state index contributed by atoms with van der Waals surface area (Å²) in [6.07, 6.45) is -3.44. The van der Waals surface area contributed by atoms with Crippen LogP contribution in [0.15, 0.2) is 85.3 Å².